The molecule has 0 heterocycles. The highest BCUT2D eigenvalue weighted by Gasteiger charge is 2.29. The van der Waals surface area contributed by atoms with Crippen LogP contribution in [0.15, 0.2) is 65.6 Å². The fraction of sp³-hybridized carbons (Fsp3) is 0.174. The van der Waals surface area contributed by atoms with E-state index in [1.165, 1.54) is 38.5 Å². The molecule has 0 aliphatic carbocycles. The van der Waals surface area contributed by atoms with Gasteiger partial charge in [0.15, 0.2) is 11.5 Å². The maximum Gasteiger partial charge on any atom is 0.264 e. The summed E-state index contributed by atoms with van der Waals surface area (Å²) in [6.07, 6.45) is 0. The molecule has 3 aromatic carbocycles. The Morgan fingerprint density at radius 1 is 0.971 bits per heavy atom. The number of anilines is 1. The number of nitrogens with one attached hydrogen (secondary N) is 1. The number of nitrogens with zero attached hydrogens (tertiary/aromatic N) is 1. The van der Waals surface area contributed by atoms with Gasteiger partial charge < -0.3 is 14.8 Å². The van der Waals surface area contributed by atoms with E-state index in [-0.39, 0.29) is 27.9 Å². The number of hydrogen-bond acceptors (Lipinski definition) is 5. The molecule has 0 saturated carbocycles. The lowest BCUT2D eigenvalue weighted by molar-refractivity contribution is -0.119. The molecule has 0 aromatic heterocycles. The van der Waals surface area contributed by atoms with Crippen molar-refractivity contribution in [3.8, 4) is 11.5 Å². The zero-order valence-corrected chi connectivity index (χ0v) is 20.5. The summed E-state index contributed by atoms with van der Waals surface area (Å²) >= 11 is 12.0. The van der Waals surface area contributed by atoms with Gasteiger partial charge in [-0.05, 0) is 42.0 Å². The molecule has 0 radical (unpaired) electrons. The van der Waals surface area contributed by atoms with E-state index in [1.54, 1.807) is 24.3 Å². The molecule has 180 valence electrons. The molecule has 34 heavy (non-hydrogen) atoms. The van der Waals surface area contributed by atoms with Gasteiger partial charge in [0.25, 0.3) is 10.0 Å². The van der Waals surface area contributed by atoms with Crippen LogP contribution in [0.3, 0.4) is 0 Å². The van der Waals surface area contributed by atoms with Crippen LogP contribution in [-0.4, -0.2) is 35.1 Å². The average Bonchev–Trinajstić information content (AvgIpc) is 2.83. The summed E-state index contributed by atoms with van der Waals surface area (Å²) in [6, 6.07) is 14.3. The highest BCUT2D eigenvalue weighted by Crippen LogP contribution is 2.33. The number of methoxy groups -OCH3 is 2. The number of halogens is 3. The Hall–Kier alpha value is -3.01. The second-order valence-electron chi connectivity index (χ2n) is 7.00. The Kier molecular flexibility index (Phi) is 8.24. The summed E-state index contributed by atoms with van der Waals surface area (Å²) in [5.41, 5.74) is 0.672. The van der Waals surface area contributed by atoms with Crippen molar-refractivity contribution in [2.75, 3.05) is 25.1 Å². The third kappa shape index (κ3) is 5.72. The average molecular weight is 527 g/mol. The van der Waals surface area contributed by atoms with E-state index in [1.807, 2.05) is 0 Å². The third-order valence-electron chi connectivity index (χ3n) is 4.86. The summed E-state index contributed by atoms with van der Waals surface area (Å²) in [6.45, 7) is -0.504. The number of carbonyl (C=O) groups is 1. The summed E-state index contributed by atoms with van der Waals surface area (Å²) in [4.78, 5) is 12.6. The van der Waals surface area contributed by atoms with Crippen LogP contribution in [0, 0.1) is 5.82 Å². The molecule has 3 aromatic rings. The van der Waals surface area contributed by atoms with Crippen LogP contribution in [0.1, 0.15) is 5.56 Å². The SMILES string of the molecule is COc1ccc(S(=O)(=O)N(CC(=O)NCc2ccccc2Cl)c2ccc(F)c(Cl)c2)cc1OC. The maximum atomic E-state index is 13.8. The molecule has 0 aliphatic heterocycles. The maximum absolute atomic E-state index is 13.8. The van der Waals surface area contributed by atoms with Crippen molar-refractivity contribution < 1.29 is 27.1 Å². The molecule has 0 fully saturated rings. The quantitative estimate of drug-likeness (QED) is 0.438. The smallest absolute Gasteiger partial charge is 0.264 e. The lowest BCUT2D eigenvalue weighted by Crippen LogP contribution is -2.40. The van der Waals surface area contributed by atoms with Gasteiger partial charge in [0.1, 0.15) is 12.4 Å². The molecule has 1 amide bonds. The van der Waals surface area contributed by atoms with Crippen LogP contribution in [0.25, 0.3) is 0 Å². The van der Waals surface area contributed by atoms with Crippen molar-refractivity contribution in [1.29, 1.82) is 0 Å². The first kappa shape index (κ1) is 25.6. The fourth-order valence-electron chi connectivity index (χ4n) is 3.08. The van der Waals surface area contributed by atoms with Gasteiger partial charge in [-0.2, -0.15) is 0 Å². The molecule has 7 nitrogen and oxygen atoms in total. The molecule has 0 spiro atoms. The highest BCUT2D eigenvalue weighted by molar-refractivity contribution is 7.92. The molecular formula is C23H21Cl2FN2O5S. The molecule has 0 atom stereocenters. The van der Waals surface area contributed by atoms with Crippen LogP contribution in [0.4, 0.5) is 10.1 Å². The fourth-order valence-corrected chi connectivity index (χ4v) is 4.89. The van der Waals surface area contributed by atoms with E-state index in [9.17, 15) is 17.6 Å². The zero-order valence-electron chi connectivity index (χ0n) is 18.2. The predicted octanol–water partition coefficient (Wildman–Crippen LogP) is 4.66. The Bertz CT molecular complexity index is 1300. The Morgan fingerprint density at radius 3 is 2.32 bits per heavy atom. The number of hydrogen-bond donors (Lipinski definition) is 1. The van der Waals surface area contributed by atoms with Crippen LogP contribution in [0.5, 0.6) is 11.5 Å². The summed E-state index contributed by atoms with van der Waals surface area (Å²) in [5.74, 6) is -0.819. The number of sulfonamides is 1. The third-order valence-corrected chi connectivity index (χ3v) is 7.28. The highest BCUT2D eigenvalue weighted by atomic mass is 35.5. The number of ether oxygens (including phenoxy) is 2. The van der Waals surface area contributed by atoms with Crippen molar-refractivity contribution in [2.24, 2.45) is 0 Å². The van der Waals surface area contributed by atoms with Crippen molar-refractivity contribution in [3.63, 3.8) is 0 Å². The largest absolute Gasteiger partial charge is 0.493 e. The number of benzene rings is 3. The molecule has 1 N–H and O–H groups in total. The van der Waals surface area contributed by atoms with Crippen LogP contribution >= 0.6 is 23.2 Å². The van der Waals surface area contributed by atoms with Gasteiger partial charge in [-0.3, -0.25) is 9.10 Å². The Labute approximate surface area is 207 Å². The molecule has 0 bridgehead atoms. The van der Waals surface area contributed by atoms with Gasteiger partial charge >= 0.3 is 0 Å². The van der Waals surface area contributed by atoms with Crippen LogP contribution in [-0.2, 0) is 21.4 Å². The van der Waals surface area contributed by atoms with Gasteiger partial charge in [-0.1, -0.05) is 41.4 Å². The first-order chi connectivity index (χ1) is 16.2. The minimum Gasteiger partial charge on any atom is -0.493 e. The number of carbonyl (C=O) groups excluding carboxylic acids is 1. The molecule has 3 rings (SSSR count). The first-order valence-corrected chi connectivity index (χ1v) is 12.1. The topological polar surface area (TPSA) is 84.9 Å². The second-order valence-corrected chi connectivity index (χ2v) is 9.67. The van der Waals surface area contributed by atoms with Crippen molar-refractivity contribution in [3.05, 3.63) is 82.1 Å². The molecule has 0 aliphatic rings. The first-order valence-electron chi connectivity index (χ1n) is 9.87. The van der Waals surface area contributed by atoms with E-state index in [0.717, 1.165) is 16.4 Å². The van der Waals surface area contributed by atoms with Crippen molar-refractivity contribution >= 4 is 44.8 Å². The van der Waals surface area contributed by atoms with Gasteiger partial charge in [-0.15, -0.1) is 0 Å². The van der Waals surface area contributed by atoms with Gasteiger partial charge in [0.05, 0.1) is 29.8 Å². The number of rotatable bonds is 9. The predicted molar refractivity (Wildman–Crippen MR) is 129 cm³/mol. The monoisotopic (exact) mass is 526 g/mol. The van der Waals surface area contributed by atoms with E-state index < -0.39 is 28.3 Å². The minimum absolute atomic E-state index is 0.00841. The van der Waals surface area contributed by atoms with Crippen molar-refractivity contribution in [1.82, 2.24) is 5.32 Å². The van der Waals surface area contributed by atoms with E-state index in [0.29, 0.717) is 16.3 Å². The number of amides is 1. The second kappa shape index (κ2) is 10.9. The normalized spacial score (nSPS) is 11.1. The van der Waals surface area contributed by atoms with Crippen molar-refractivity contribution in [2.45, 2.75) is 11.4 Å². The van der Waals surface area contributed by atoms with Gasteiger partial charge in [-0.25, -0.2) is 12.8 Å². The van der Waals surface area contributed by atoms with Crippen LogP contribution < -0.4 is 19.1 Å². The summed E-state index contributed by atoms with van der Waals surface area (Å²) in [7, 11) is -1.51. The molecule has 0 unspecified atom stereocenters. The van der Waals surface area contributed by atoms with E-state index >= 15 is 0 Å². The Balaban J connectivity index is 1.96. The summed E-state index contributed by atoms with van der Waals surface area (Å²) < 4.78 is 52.1. The van der Waals surface area contributed by atoms with E-state index in [2.05, 4.69) is 5.32 Å². The summed E-state index contributed by atoms with van der Waals surface area (Å²) in [5, 5.41) is 2.82. The van der Waals surface area contributed by atoms with Gasteiger partial charge in [0.2, 0.25) is 5.91 Å². The molecular weight excluding hydrogens is 506 g/mol. The minimum atomic E-state index is -4.30. The zero-order chi connectivity index (χ0) is 24.9. The molecule has 0 saturated heterocycles. The molecule has 11 heteroatoms. The van der Waals surface area contributed by atoms with Crippen LogP contribution in [0.2, 0.25) is 10.0 Å². The standard InChI is InChI=1S/C23H21Cl2FN2O5S/c1-32-21-10-8-17(12-22(21)33-2)34(30,31)28(16-7-9-20(26)19(25)11-16)14-23(29)27-13-15-5-3-4-6-18(15)24/h3-12H,13-14H2,1-2H3,(H,27,29). The lowest BCUT2D eigenvalue weighted by atomic mass is 10.2. The Morgan fingerprint density at radius 2 is 1.68 bits per heavy atom. The lowest BCUT2D eigenvalue weighted by Gasteiger charge is -2.25. The van der Waals surface area contributed by atoms with E-state index in [4.69, 9.17) is 32.7 Å². The van der Waals surface area contributed by atoms with Gasteiger partial charge in [0, 0.05) is 17.6 Å².